The summed E-state index contributed by atoms with van der Waals surface area (Å²) in [6, 6.07) is 14.9. The van der Waals surface area contributed by atoms with E-state index in [1.165, 1.54) is 11.1 Å². The number of benzene rings is 2. The Labute approximate surface area is 138 Å². The van der Waals surface area contributed by atoms with Crippen LogP contribution in [0.3, 0.4) is 0 Å². The Hall–Kier alpha value is -3.02. The lowest BCUT2D eigenvalue weighted by molar-refractivity contribution is -0.137. The van der Waals surface area contributed by atoms with Crippen LogP contribution in [0.15, 0.2) is 59.7 Å². The second kappa shape index (κ2) is 7.04. The Morgan fingerprint density at radius 2 is 1.79 bits per heavy atom. The molecule has 0 aromatic heterocycles. The summed E-state index contributed by atoms with van der Waals surface area (Å²) < 4.78 is 18.7. The highest BCUT2D eigenvalue weighted by molar-refractivity contribution is 6.37. The summed E-state index contributed by atoms with van der Waals surface area (Å²) in [5.41, 5.74) is 1.02. The molecule has 0 radical (unpaired) electrons. The fourth-order valence-electron chi connectivity index (χ4n) is 2.31. The van der Waals surface area contributed by atoms with Crippen molar-refractivity contribution in [3.63, 3.8) is 0 Å². The predicted molar refractivity (Wildman–Crippen MR) is 86.8 cm³/mol. The fraction of sp³-hybridized carbons (Fsp3) is 0.167. The van der Waals surface area contributed by atoms with Gasteiger partial charge >= 0.3 is 5.97 Å². The number of para-hydroxylation sites is 1. The second-order valence-electron chi connectivity index (χ2n) is 5.26. The highest BCUT2D eigenvalue weighted by Crippen LogP contribution is 2.20. The molecule has 2 aromatic rings. The van der Waals surface area contributed by atoms with Crippen molar-refractivity contribution >= 4 is 23.3 Å². The van der Waals surface area contributed by atoms with Gasteiger partial charge in [0.25, 0.3) is 0 Å². The van der Waals surface area contributed by atoms with E-state index >= 15 is 0 Å². The summed E-state index contributed by atoms with van der Waals surface area (Å²) in [7, 11) is 0. The lowest BCUT2D eigenvalue weighted by Crippen LogP contribution is -2.34. The van der Waals surface area contributed by atoms with Gasteiger partial charge in [-0.15, -0.1) is 0 Å². The highest BCUT2D eigenvalue weighted by Gasteiger charge is 2.26. The molecule has 0 spiro atoms. The van der Waals surface area contributed by atoms with Crippen LogP contribution in [0.4, 0.5) is 10.1 Å². The molecule has 1 aliphatic heterocycles. The Morgan fingerprint density at radius 3 is 2.54 bits per heavy atom. The molecule has 1 aliphatic rings. The van der Waals surface area contributed by atoms with E-state index in [1.807, 2.05) is 6.07 Å². The van der Waals surface area contributed by atoms with Crippen molar-refractivity contribution in [2.45, 2.75) is 19.4 Å². The number of anilines is 1. The first-order valence-corrected chi connectivity index (χ1v) is 7.51. The first-order chi connectivity index (χ1) is 11.6. The third-order valence-corrected chi connectivity index (χ3v) is 3.59. The van der Waals surface area contributed by atoms with Gasteiger partial charge in [0.15, 0.2) is 0 Å². The molecule has 0 atom stereocenters. The third-order valence-electron chi connectivity index (χ3n) is 3.59. The maximum atomic E-state index is 13.5. The van der Waals surface area contributed by atoms with Crippen LogP contribution in [0.25, 0.3) is 0 Å². The number of hydrazone groups is 1. The maximum absolute atomic E-state index is 13.5. The number of ether oxygens (including phenoxy) is 1. The van der Waals surface area contributed by atoms with Gasteiger partial charge in [0.2, 0.25) is 5.91 Å². The number of hydrogen-bond donors (Lipinski definition) is 0. The van der Waals surface area contributed by atoms with E-state index in [1.54, 1.807) is 42.5 Å². The lowest BCUT2D eigenvalue weighted by Gasteiger charge is -2.22. The molecule has 0 aliphatic carbocycles. The fourth-order valence-corrected chi connectivity index (χ4v) is 2.31. The molecule has 6 heteroatoms. The van der Waals surface area contributed by atoms with Gasteiger partial charge < -0.3 is 4.74 Å². The molecule has 24 heavy (non-hydrogen) atoms. The van der Waals surface area contributed by atoms with Gasteiger partial charge in [-0.25, -0.2) is 14.2 Å². The maximum Gasteiger partial charge on any atom is 0.354 e. The molecular weight excluding hydrogens is 311 g/mol. The standard InChI is InChI=1S/C18H15FN2O3/c19-15-9-5-4-6-13(15)12-24-18(23)16-10-11-17(22)21(20-16)14-7-2-1-3-8-14/h1-9H,10-12H2. The van der Waals surface area contributed by atoms with Crippen LogP contribution in [0, 0.1) is 5.82 Å². The van der Waals surface area contributed by atoms with Crippen molar-refractivity contribution in [3.05, 3.63) is 66.0 Å². The molecule has 0 fully saturated rings. The van der Waals surface area contributed by atoms with Crippen LogP contribution < -0.4 is 5.01 Å². The predicted octanol–water partition coefficient (Wildman–Crippen LogP) is 3.05. The van der Waals surface area contributed by atoms with E-state index in [0.717, 1.165) is 0 Å². The Kier molecular flexibility index (Phi) is 4.65. The van der Waals surface area contributed by atoms with Crippen molar-refractivity contribution in [3.8, 4) is 0 Å². The summed E-state index contributed by atoms with van der Waals surface area (Å²) in [6.45, 7) is -0.177. The number of amides is 1. The first kappa shape index (κ1) is 15.9. The molecule has 0 N–H and O–H groups in total. The molecule has 2 aromatic carbocycles. The SMILES string of the molecule is O=C(OCc1ccccc1F)C1=NN(c2ccccc2)C(=O)CC1. The van der Waals surface area contributed by atoms with Crippen LogP contribution in [0.5, 0.6) is 0 Å². The van der Waals surface area contributed by atoms with E-state index in [2.05, 4.69) is 5.10 Å². The molecular formula is C18H15FN2O3. The van der Waals surface area contributed by atoms with Crippen LogP contribution in [-0.2, 0) is 20.9 Å². The average Bonchev–Trinajstić information content (AvgIpc) is 2.62. The van der Waals surface area contributed by atoms with Gasteiger partial charge in [-0.3, -0.25) is 4.79 Å². The summed E-state index contributed by atoms with van der Waals surface area (Å²) >= 11 is 0. The molecule has 0 saturated carbocycles. The van der Waals surface area contributed by atoms with Gasteiger partial charge in [-0.1, -0.05) is 36.4 Å². The van der Waals surface area contributed by atoms with Gasteiger partial charge in [0.1, 0.15) is 18.1 Å². The number of nitrogens with zero attached hydrogens (tertiary/aromatic N) is 2. The number of halogens is 1. The number of hydrogen-bond acceptors (Lipinski definition) is 4. The smallest absolute Gasteiger partial charge is 0.354 e. The molecule has 1 amide bonds. The van der Waals surface area contributed by atoms with Gasteiger partial charge in [0.05, 0.1) is 5.69 Å². The van der Waals surface area contributed by atoms with Gasteiger partial charge in [0, 0.05) is 18.4 Å². The Morgan fingerprint density at radius 1 is 1.08 bits per heavy atom. The van der Waals surface area contributed by atoms with Crippen molar-refractivity contribution in [1.29, 1.82) is 0 Å². The number of carbonyl (C=O) groups excluding carboxylic acids is 2. The van der Waals surface area contributed by atoms with E-state index < -0.39 is 11.8 Å². The minimum Gasteiger partial charge on any atom is -0.456 e. The number of rotatable bonds is 4. The minimum atomic E-state index is -0.647. The molecule has 1 heterocycles. The second-order valence-corrected chi connectivity index (χ2v) is 5.26. The third kappa shape index (κ3) is 3.48. The molecule has 3 rings (SSSR count). The normalized spacial score (nSPS) is 14.3. The molecule has 122 valence electrons. The zero-order chi connectivity index (χ0) is 16.9. The zero-order valence-corrected chi connectivity index (χ0v) is 12.8. The summed E-state index contributed by atoms with van der Waals surface area (Å²) in [6.07, 6.45) is 0.376. The van der Waals surface area contributed by atoms with E-state index in [9.17, 15) is 14.0 Å². The summed E-state index contributed by atoms with van der Waals surface area (Å²) in [5.74, 6) is -1.27. The highest BCUT2D eigenvalue weighted by atomic mass is 19.1. The summed E-state index contributed by atoms with van der Waals surface area (Å²) in [5, 5.41) is 5.30. The minimum absolute atomic E-state index is 0.148. The zero-order valence-electron chi connectivity index (χ0n) is 12.8. The summed E-state index contributed by atoms with van der Waals surface area (Å²) in [4.78, 5) is 24.2. The van der Waals surface area contributed by atoms with Gasteiger partial charge in [-0.05, 0) is 18.2 Å². The Balaban J connectivity index is 1.72. The van der Waals surface area contributed by atoms with Crippen molar-refractivity contribution in [1.82, 2.24) is 0 Å². The monoisotopic (exact) mass is 326 g/mol. The number of carbonyl (C=O) groups is 2. The quantitative estimate of drug-likeness (QED) is 0.811. The largest absolute Gasteiger partial charge is 0.456 e. The van der Waals surface area contributed by atoms with Gasteiger partial charge in [-0.2, -0.15) is 5.10 Å². The topological polar surface area (TPSA) is 59.0 Å². The van der Waals surface area contributed by atoms with Crippen LogP contribution in [0.1, 0.15) is 18.4 Å². The molecule has 0 unspecified atom stereocenters. The van der Waals surface area contributed by atoms with Crippen molar-refractivity contribution < 1.29 is 18.7 Å². The van der Waals surface area contributed by atoms with E-state index in [4.69, 9.17) is 4.74 Å². The lowest BCUT2D eigenvalue weighted by atomic mass is 10.1. The average molecular weight is 326 g/mol. The number of esters is 1. The molecule has 0 bridgehead atoms. The first-order valence-electron chi connectivity index (χ1n) is 7.51. The van der Waals surface area contributed by atoms with Crippen molar-refractivity contribution in [2.75, 3.05) is 5.01 Å². The molecule has 5 nitrogen and oxygen atoms in total. The van der Waals surface area contributed by atoms with Crippen molar-refractivity contribution in [2.24, 2.45) is 5.10 Å². The van der Waals surface area contributed by atoms with E-state index in [0.29, 0.717) is 11.3 Å². The van der Waals surface area contributed by atoms with Crippen LogP contribution >= 0.6 is 0 Å². The molecule has 0 saturated heterocycles. The van der Waals surface area contributed by atoms with E-state index in [-0.39, 0.29) is 31.1 Å². The van der Waals surface area contributed by atoms with Crippen LogP contribution in [-0.4, -0.2) is 17.6 Å². The van der Waals surface area contributed by atoms with Crippen LogP contribution in [0.2, 0.25) is 0 Å². The Bertz CT molecular complexity index is 790.